The van der Waals surface area contributed by atoms with Crippen LogP contribution in [0.3, 0.4) is 0 Å². The Morgan fingerprint density at radius 3 is 2.50 bits per heavy atom. The second-order valence-electron chi connectivity index (χ2n) is 5.98. The molecule has 2 aromatic heterocycles. The fraction of sp³-hybridized carbons (Fsp3) is 0.105. The Labute approximate surface area is 167 Å². The van der Waals surface area contributed by atoms with Crippen LogP contribution in [0.15, 0.2) is 53.6 Å². The first kappa shape index (κ1) is 18.5. The van der Waals surface area contributed by atoms with E-state index in [1.54, 1.807) is 24.3 Å². The van der Waals surface area contributed by atoms with Crippen LogP contribution >= 0.6 is 23.1 Å². The number of rotatable bonds is 5. The van der Waals surface area contributed by atoms with Gasteiger partial charge in [-0.1, -0.05) is 23.9 Å². The molecular formula is C19H13FN4O2S2. The highest BCUT2D eigenvalue weighted by atomic mass is 32.2. The predicted molar refractivity (Wildman–Crippen MR) is 108 cm³/mol. The Balaban J connectivity index is 1.64. The van der Waals surface area contributed by atoms with Crippen LogP contribution in [0.5, 0.6) is 0 Å². The van der Waals surface area contributed by atoms with E-state index in [2.05, 4.69) is 15.2 Å². The lowest BCUT2D eigenvalue weighted by atomic mass is 10.1. The van der Waals surface area contributed by atoms with Gasteiger partial charge in [-0.05, 0) is 36.8 Å². The van der Waals surface area contributed by atoms with Gasteiger partial charge in [-0.15, -0.1) is 21.5 Å². The van der Waals surface area contributed by atoms with Crippen LogP contribution in [0.25, 0.3) is 21.5 Å². The second kappa shape index (κ2) is 7.61. The number of hydrogen-bond acceptors (Lipinski definition) is 7. The van der Waals surface area contributed by atoms with E-state index in [1.807, 2.05) is 6.92 Å². The Kier molecular flexibility index (Phi) is 5.01. The first-order chi connectivity index (χ1) is 13.5. The third kappa shape index (κ3) is 3.71. The molecule has 0 aliphatic carbocycles. The van der Waals surface area contributed by atoms with Crippen molar-refractivity contribution >= 4 is 39.0 Å². The number of fused-ring (bicyclic) bond motifs is 1. The van der Waals surface area contributed by atoms with Gasteiger partial charge in [-0.25, -0.2) is 9.37 Å². The van der Waals surface area contributed by atoms with Gasteiger partial charge in [0.25, 0.3) is 5.69 Å². The number of nitro groups is 1. The van der Waals surface area contributed by atoms with Gasteiger partial charge in [0.1, 0.15) is 22.1 Å². The van der Waals surface area contributed by atoms with E-state index in [9.17, 15) is 14.5 Å². The van der Waals surface area contributed by atoms with Gasteiger partial charge in [0.05, 0.1) is 14.6 Å². The number of hydrogen-bond donors (Lipinski definition) is 0. The van der Waals surface area contributed by atoms with Crippen molar-refractivity contribution in [3.8, 4) is 11.3 Å². The molecule has 0 fully saturated rings. The summed E-state index contributed by atoms with van der Waals surface area (Å²) in [4.78, 5) is 14.9. The zero-order chi connectivity index (χ0) is 19.7. The standard InChI is InChI=1S/C19H13FN4O2S2/c1-11-21-17-18(28-11)16(13-4-6-14(20)7-5-13)22-23-19(17)27-10-12-2-8-15(9-3-12)24(25)26/h2-9H,10H2,1H3. The maximum absolute atomic E-state index is 13.2. The molecular weight excluding hydrogens is 399 g/mol. The number of aryl methyl sites for hydroxylation is 1. The molecule has 2 heterocycles. The molecule has 9 heteroatoms. The number of nitrogens with zero attached hydrogens (tertiary/aromatic N) is 4. The van der Waals surface area contributed by atoms with Gasteiger partial charge in [0.15, 0.2) is 0 Å². The van der Waals surface area contributed by atoms with Crippen molar-refractivity contribution in [1.29, 1.82) is 0 Å². The van der Waals surface area contributed by atoms with Crippen LogP contribution in [-0.4, -0.2) is 20.1 Å². The van der Waals surface area contributed by atoms with E-state index >= 15 is 0 Å². The molecule has 2 aromatic carbocycles. The highest BCUT2D eigenvalue weighted by Gasteiger charge is 2.16. The summed E-state index contributed by atoms with van der Waals surface area (Å²) >= 11 is 3.00. The van der Waals surface area contributed by atoms with E-state index < -0.39 is 4.92 Å². The zero-order valence-electron chi connectivity index (χ0n) is 14.6. The lowest BCUT2D eigenvalue weighted by Gasteiger charge is -2.05. The third-order valence-electron chi connectivity index (χ3n) is 4.03. The SMILES string of the molecule is Cc1nc2c(SCc3ccc([N+](=O)[O-])cc3)nnc(-c3ccc(F)cc3)c2s1. The van der Waals surface area contributed by atoms with Crippen LogP contribution in [0.2, 0.25) is 0 Å². The van der Waals surface area contributed by atoms with E-state index in [4.69, 9.17) is 0 Å². The molecule has 4 aromatic rings. The van der Waals surface area contributed by atoms with Crippen molar-refractivity contribution in [3.05, 3.63) is 75.0 Å². The van der Waals surface area contributed by atoms with Crippen molar-refractivity contribution in [2.75, 3.05) is 0 Å². The molecule has 0 aliphatic heterocycles. The summed E-state index contributed by atoms with van der Waals surface area (Å²) in [5.41, 5.74) is 3.24. The lowest BCUT2D eigenvalue weighted by molar-refractivity contribution is -0.384. The fourth-order valence-corrected chi connectivity index (χ4v) is 4.55. The molecule has 0 saturated carbocycles. The van der Waals surface area contributed by atoms with Gasteiger partial charge < -0.3 is 0 Å². The Hall–Kier alpha value is -2.91. The summed E-state index contributed by atoms with van der Waals surface area (Å²) in [5, 5.41) is 21.0. The van der Waals surface area contributed by atoms with Crippen molar-refractivity contribution in [2.45, 2.75) is 17.7 Å². The Morgan fingerprint density at radius 1 is 1.11 bits per heavy atom. The average molecular weight is 412 g/mol. The largest absolute Gasteiger partial charge is 0.269 e. The molecule has 0 bridgehead atoms. The van der Waals surface area contributed by atoms with Crippen LogP contribution in [-0.2, 0) is 5.75 Å². The molecule has 0 atom stereocenters. The average Bonchev–Trinajstić information content (AvgIpc) is 3.09. The molecule has 140 valence electrons. The highest BCUT2D eigenvalue weighted by Crippen LogP contribution is 2.36. The summed E-state index contributed by atoms with van der Waals surface area (Å²) in [6, 6.07) is 12.6. The van der Waals surface area contributed by atoms with E-state index in [1.165, 1.54) is 47.4 Å². The minimum atomic E-state index is -0.418. The smallest absolute Gasteiger partial charge is 0.258 e. The van der Waals surface area contributed by atoms with Gasteiger partial charge in [-0.3, -0.25) is 10.1 Å². The molecule has 0 unspecified atom stereocenters. The monoisotopic (exact) mass is 412 g/mol. The number of nitro benzene ring substituents is 1. The number of benzene rings is 2. The molecule has 0 saturated heterocycles. The normalized spacial score (nSPS) is 11.1. The second-order valence-corrected chi connectivity index (χ2v) is 8.15. The number of thiazole rings is 1. The van der Waals surface area contributed by atoms with Crippen molar-refractivity contribution in [1.82, 2.24) is 15.2 Å². The zero-order valence-corrected chi connectivity index (χ0v) is 16.3. The van der Waals surface area contributed by atoms with Crippen molar-refractivity contribution in [2.24, 2.45) is 0 Å². The molecule has 0 spiro atoms. The van der Waals surface area contributed by atoms with Gasteiger partial charge in [-0.2, -0.15) is 0 Å². The summed E-state index contributed by atoms with van der Waals surface area (Å²) in [6.07, 6.45) is 0. The third-order valence-corrected chi connectivity index (χ3v) is 6.04. The van der Waals surface area contributed by atoms with E-state index in [-0.39, 0.29) is 11.5 Å². The molecule has 4 rings (SSSR count). The predicted octanol–water partition coefficient (Wildman–Crippen LogP) is 5.40. The first-order valence-electron chi connectivity index (χ1n) is 8.27. The molecule has 0 radical (unpaired) electrons. The van der Waals surface area contributed by atoms with E-state index in [0.717, 1.165) is 26.4 Å². The Morgan fingerprint density at radius 2 is 1.82 bits per heavy atom. The fourth-order valence-electron chi connectivity index (χ4n) is 2.68. The number of non-ortho nitro benzene ring substituents is 1. The Bertz CT molecular complexity index is 1160. The summed E-state index contributed by atoms with van der Waals surface area (Å²) in [6.45, 7) is 1.92. The van der Waals surface area contributed by atoms with Crippen LogP contribution < -0.4 is 0 Å². The van der Waals surface area contributed by atoms with Gasteiger partial charge in [0.2, 0.25) is 0 Å². The molecule has 0 N–H and O–H groups in total. The maximum atomic E-state index is 13.2. The van der Waals surface area contributed by atoms with Crippen molar-refractivity contribution < 1.29 is 9.31 Å². The van der Waals surface area contributed by atoms with Crippen molar-refractivity contribution in [3.63, 3.8) is 0 Å². The van der Waals surface area contributed by atoms with Crippen LogP contribution in [0, 0.1) is 22.9 Å². The lowest BCUT2D eigenvalue weighted by Crippen LogP contribution is -1.93. The molecule has 0 aliphatic rings. The minimum Gasteiger partial charge on any atom is -0.258 e. The van der Waals surface area contributed by atoms with Gasteiger partial charge >= 0.3 is 0 Å². The van der Waals surface area contributed by atoms with E-state index in [0.29, 0.717) is 16.5 Å². The minimum absolute atomic E-state index is 0.0645. The maximum Gasteiger partial charge on any atom is 0.269 e. The molecule has 28 heavy (non-hydrogen) atoms. The number of aromatic nitrogens is 3. The first-order valence-corrected chi connectivity index (χ1v) is 10.1. The van der Waals surface area contributed by atoms with Gasteiger partial charge in [0, 0.05) is 23.4 Å². The topological polar surface area (TPSA) is 81.8 Å². The molecule has 6 nitrogen and oxygen atoms in total. The number of halogens is 1. The summed E-state index contributed by atoms with van der Waals surface area (Å²) in [7, 11) is 0. The van der Waals surface area contributed by atoms with Crippen LogP contribution in [0.1, 0.15) is 10.6 Å². The summed E-state index contributed by atoms with van der Waals surface area (Å²) in [5.74, 6) is 0.289. The van der Waals surface area contributed by atoms with Crippen LogP contribution in [0.4, 0.5) is 10.1 Å². The summed E-state index contributed by atoms with van der Waals surface area (Å²) < 4.78 is 14.1. The number of thioether (sulfide) groups is 1. The molecule has 0 amide bonds. The quantitative estimate of drug-likeness (QED) is 0.248. The highest BCUT2D eigenvalue weighted by molar-refractivity contribution is 7.98.